The number of rotatable bonds is 2. The third kappa shape index (κ3) is 2.18. The van der Waals surface area contributed by atoms with Crippen molar-refractivity contribution in [3.05, 3.63) is 11.6 Å². The van der Waals surface area contributed by atoms with Crippen molar-refractivity contribution in [2.24, 2.45) is 0 Å². The van der Waals surface area contributed by atoms with E-state index in [0.717, 1.165) is 37.6 Å². The number of piperidine rings is 1. The van der Waals surface area contributed by atoms with Crippen molar-refractivity contribution in [1.82, 2.24) is 20.1 Å². The SMILES string of the molecule is CC(=O)N1CCCC(c2n[nH]c(C3CC3)n2)C1. The number of hydrogen-bond donors (Lipinski definition) is 1. The van der Waals surface area contributed by atoms with Crippen LogP contribution < -0.4 is 0 Å². The first-order chi connectivity index (χ1) is 8.24. The summed E-state index contributed by atoms with van der Waals surface area (Å²) in [6.07, 6.45) is 4.61. The predicted octanol–water partition coefficient (Wildman–Crippen LogP) is 1.41. The molecule has 1 amide bonds. The van der Waals surface area contributed by atoms with Gasteiger partial charge < -0.3 is 4.90 Å². The Morgan fingerprint density at radius 1 is 1.35 bits per heavy atom. The molecule has 2 aliphatic rings. The van der Waals surface area contributed by atoms with Crippen molar-refractivity contribution in [3.63, 3.8) is 0 Å². The van der Waals surface area contributed by atoms with Crippen LogP contribution >= 0.6 is 0 Å². The number of carbonyl (C=O) groups is 1. The highest BCUT2D eigenvalue weighted by Crippen LogP contribution is 2.38. The maximum atomic E-state index is 11.4. The van der Waals surface area contributed by atoms with Gasteiger partial charge in [0.15, 0.2) is 5.82 Å². The largest absolute Gasteiger partial charge is 0.342 e. The smallest absolute Gasteiger partial charge is 0.219 e. The van der Waals surface area contributed by atoms with Gasteiger partial charge in [0.2, 0.25) is 5.91 Å². The molecule has 1 aliphatic heterocycles. The molecule has 17 heavy (non-hydrogen) atoms. The molecule has 0 bridgehead atoms. The fourth-order valence-electron chi connectivity index (χ4n) is 2.48. The van der Waals surface area contributed by atoms with E-state index < -0.39 is 0 Å². The summed E-state index contributed by atoms with van der Waals surface area (Å²) in [4.78, 5) is 17.9. The van der Waals surface area contributed by atoms with Crippen molar-refractivity contribution >= 4 is 5.91 Å². The number of nitrogens with one attached hydrogen (secondary N) is 1. The van der Waals surface area contributed by atoms with E-state index in [4.69, 9.17) is 0 Å². The normalized spacial score (nSPS) is 25.0. The fourth-order valence-corrected chi connectivity index (χ4v) is 2.48. The number of aromatic amines is 1. The van der Waals surface area contributed by atoms with Crippen LogP contribution in [0, 0.1) is 0 Å². The Kier molecular flexibility index (Phi) is 2.61. The molecule has 1 unspecified atom stereocenters. The monoisotopic (exact) mass is 234 g/mol. The molecule has 5 heteroatoms. The second-order valence-electron chi connectivity index (χ2n) is 5.16. The molecule has 1 N–H and O–H groups in total. The Morgan fingerprint density at radius 3 is 2.88 bits per heavy atom. The van der Waals surface area contributed by atoms with Gasteiger partial charge in [-0.1, -0.05) is 0 Å². The van der Waals surface area contributed by atoms with E-state index in [1.54, 1.807) is 6.92 Å². The molecule has 0 radical (unpaired) electrons. The highest BCUT2D eigenvalue weighted by Gasteiger charge is 2.30. The molecule has 1 saturated carbocycles. The van der Waals surface area contributed by atoms with Crippen LogP contribution in [0.1, 0.15) is 56.1 Å². The minimum Gasteiger partial charge on any atom is -0.342 e. The van der Waals surface area contributed by atoms with Crippen LogP contribution in [0.5, 0.6) is 0 Å². The Hall–Kier alpha value is -1.39. The van der Waals surface area contributed by atoms with Gasteiger partial charge >= 0.3 is 0 Å². The molecule has 92 valence electrons. The molecule has 0 spiro atoms. The van der Waals surface area contributed by atoms with Crippen LogP contribution in [0.4, 0.5) is 0 Å². The Morgan fingerprint density at radius 2 is 2.18 bits per heavy atom. The number of carbonyl (C=O) groups excluding carboxylic acids is 1. The molecule has 1 aromatic heterocycles. The first-order valence-corrected chi connectivity index (χ1v) is 6.41. The molecule has 2 heterocycles. The first kappa shape index (κ1) is 10.7. The van der Waals surface area contributed by atoms with Crippen LogP contribution in [0.25, 0.3) is 0 Å². The molecule has 1 aliphatic carbocycles. The van der Waals surface area contributed by atoms with Crippen molar-refractivity contribution in [1.29, 1.82) is 0 Å². The zero-order valence-corrected chi connectivity index (χ0v) is 10.1. The van der Waals surface area contributed by atoms with Gasteiger partial charge in [-0.2, -0.15) is 5.10 Å². The number of likely N-dealkylation sites (tertiary alicyclic amines) is 1. The second-order valence-corrected chi connectivity index (χ2v) is 5.16. The molecular formula is C12H18N4O. The molecule has 2 fully saturated rings. The van der Waals surface area contributed by atoms with Crippen LogP contribution in [0.2, 0.25) is 0 Å². The van der Waals surface area contributed by atoms with Gasteiger partial charge in [0.25, 0.3) is 0 Å². The second kappa shape index (κ2) is 4.13. The number of aromatic nitrogens is 3. The maximum absolute atomic E-state index is 11.4. The predicted molar refractivity (Wildman–Crippen MR) is 62.6 cm³/mol. The Balaban J connectivity index is 1.71. The van der Waals surface area contributed by atoms with Crippen molar-refractivity contribution in [2.75, 3.05) is 13.1 Å². The lowest BCUT2D eigenvalue weighted by Crippen LogP contribution is -2.37. The third-order valence-electron chi connectivity index (χ3n) is 3.72. The molecule has 0 aromatic carbocycles. The van der Waals surface area contributed by atoms with E-state index >= 15 is 0 Å². The minimum atomic E-state index is 0.160. The highest BCUT2D eigenvalue weighted by atomic mass is 16.2. The van der Waals surface area contributed by atoms with Gasteiger partial charge in [-0.15, -0.1) is 0 Å². The summed E-state index contributed by atoms with van der Waals surface area (Å²) in [5.41, 5.74) is 0. The average molecular weight is 234 g/mol. The van der Waals surface area contributed by atoms with Gasteiger partial charge in [0.05, 0.1) is 0 Å². The summed E-state index contributed by atoms with van der Waals surface area (Å²) in [6.45, 7) is 3.29. The standard InChI is InChI=1S/C12H18N4O/c1-8(17)16-6-2-3-10(7-16)12-13-11(14-15-12)9-4-5-9/h9-10H,2-7H2,1H3,(H,13,14,15). The molecule has 3 rings (SSSR count). The van der Waals surface area contributed by atoms with Gasteiger partial charge in [0.1, 0.15) is 5.82 Å². The highest BCUT2D eigenvalue weighted by molar-refractivity contribution is 5.73. The topological polar surface area (TPSA) is 61.9 Å². The maximum Gasteiger partial charge on any atom is 0.219 e. The summed E-state index contributed by atoms with van der Waals surface area (Å²) >= 11 is 0. The zero-order valence-electron chi connectivity index (χ0n) is 10.1. The third-order valence-corrected chi connectivity index (χ3v) is 3.72. The van der Waals surface area contributed by atoms with Crippen LogP contribution in [0.15, 0.2) is 0 Å². The zero-order chi connectivity index (χ0) is 11.8. The van der Waals surface area contributed by atoms with Gasteiger partial charge in [-0.3, -0.25) is 9.89 Å². The molecular weight excluding hydrogens is 216 g/mol. The van der Waals surface area contributed by atoms with E-state index in [0.29, 0.717) is 11.8 Å². The van der Waals surface area contributed by atoms with Gasteiger partial charge in [-0.05, 0) is 25.7 Å². The van der Waals surface area contributed by atoms with E-state index in [1.807, 2.05) is 4.90 Å². The number of amides is 1. The van der Waals surface area contributed by atoms with Gasteiger partial charge in [-0.25, -0.2) is 4.98 Å². The lowest BCUT2D eigenvalue weighted by atomic mass is 9.97. The lowest BCUT2D eigenvalue weighted by molar-refractivity contribution is -0.130. The summed E-state index contributed by atoms with van der Waals surface area (Å²) in [6, 6.07) is 0. The number of nitrogens with zero attached hydrogens (tertiary/aromatic N) is 3. The average Bonchev–Trinajstić information content (AvgIpc) is 3.07. The van der Waals surface area contributed by atoms with Crippen molar-refractivity contribution in [2.45, 2.75) is 44.4 Å². The van der Waals surface area contributed by atoms with E-state index in [-0.39, 0.29) is 5.91 Å². The van der Waals surface area contributed by atoms with Crippen LogP contribution in [0.3, 0.4) is 0 Å². The van der Waals surface area contributed by atoms with Crippen molar-refractivity contribution in [3.8, 4) is 0 Å². The number of hydrogen-bond acceptors (Lipinski definition) is 3. The van der Waals surface area contributed by atoms with E-state index in [1.165, 1.54) is 12.8 Å². The minimum absolute atomic E-state index is 0.160. The lowest BCUT2D eigenvalue weighted by Gasteiger charge is -2.30. The fraction of sp³-hybridized carbons (Fsp3) is 0.750. The van der Waals surface area contributed by atoms with Crippen molar-refractivity contribution < 1.29 is 4.79 Å². The number of H-pyrrole nitrogens is 1. The summed E-state index contributed by atoms with van der Waals surface area (Å²) in [7, 11) is 0. The molecule has 5 nitrogen and oxygen atoms in total. The molecule has 1 atom stereocenters. The summed E-state index contributed by atoms with van der Waals surface area (Å²) in [5.74, 6) is 3.03. The quantitative estimate of drug-likeness (QED) is 0.841. The molecule has 1 saturated heterocycles. The molecule has 1 aromatic rings. The van der Waals surface area contributed by atoms with E-state index in [9.17, 15) is 4.79 Å². The summed E-state index contributed by atoms with van der Waals surface area (Å²) in [5, 5.41) is 7.37. The Labute approximate surface area is 101 Å². The van der Waals surface area contributed by atoms with E-state index in [2.05, 4.69) is 15.2 Å². The van der Waals surface area contributed by atoms with Crippen LogP contribution in [-0.4, -0.2) is 39.1 Å². The Bertz CT molecular complexity index is 424. The first-order valence-electron chi connectivity index (χ1n) is 6.41. The van der Waals surface area contributed by atoms with Gasteiger partial charge in [0, 0.05) is 31.8 Å². The van der Waals surface area contributed by atoms with Crippen LogP contribution in [-0.2, 0) is 4.79 Å². The summed E-state index contributed by atoms with van der Waals surface area (Å²) < 4.78 is 0.